The Bertz CT molecular complexity index is 945. The van der Waals surface area contributed by atoms with E-state index < -0.39 is 11.9 Å². The maximum Gasteiger partial charge on any atom is 0.262 e. The van der Waals surface area contributed by atoms with Crippen LogP contribution in [0.4, 0.5) is 0 Å². The van der Waals surface area contributed by atoms with Gasteiger partial charge in [0.05, 0.1) is 32.0 Å². The zero-order valence-corrected chi connectivity index (χ0v) is 19.6. The van der Waals surface area contributed by atoms with Crippen molar-refractivity contribution in [1.29, 1.82) is 0 Å². The van der Waals surface area contributed by atoms with E-state index in [2.05, 4.69) is 31.8 Å². The van der Waals surface area contributed by atoms with Crippen LogP contribution >= 0.6 is 15.9 Å². The van der Waals surface area contributed by atoms with Gasteiger partial charge in [-0.1, -0.05) is 13.8 Å². The van der Waals surface area contributed by atoms with Gasteiger partial charge < -0.3 is 19.5 Å². The monoisotopic (exact) mass is 491 g/mol. The number of rotatable bonds is 9. The topological polar surface area (TPSA) is 98.2 Å². The smallest absolute Gasteiger partial charge is 0.262 e. The predicted molar refractivity (Wildman–Crippen MR) is 122 cm³/mol. The lowest BCUT2D eigenvalue weighted by Gasteiger charge is -2.20. The molecule has 2 N–H and O–H groups in total. The van der Waals surface area contributed by atoms with Crippen molar-refractivity contribution in [2.45, 2.75) is 19.9 Å². The van der Waals surface area contributed by atoms with Crippen LogP contribution in [-0.4, -0.2) is 45.4 Å². The number of ether oxygens (including phenoxy) is 3. The SMILES string of the molecule is COc1ccc(C(=O)NC(C(=O)N/N=C/c2cc(Br)c(OC)cc2OC)C(C)C)cc1. The first-order valence-corrected chi connectivity index (χ1v) is 10.3. The van der Waals surface area contributed by atoms with E-state index in [0.29, 0.717) is 28.4 Å². The molecule has 166 valence electrons. The minimum atomic E-state index is -0.767. The van der Waals surface area contributed by atoms with Gasteiger partial charge >= 0.3 is 0 Å². The van der Waals surface area contributed by atoms with Gasteiger partial charge in [0.25, 0.3) is 11.8 Å². The molecule has 8 nitrogen and oxygen atoms in total. The summed E-state index contributed by atoms with van der Waals surface area (Å²) in [6, 6.07) is 9.34. The van der Waals surface area contributed by atoms with E-state index in [-0.39, 0.29) is 11.8 Å². The van der Waals surface area contributed by atoms with Gasteiger partial charge in [-0.15, -0.1) is 0 Å². The lowest BCUT2D eigenvalue weighted by molar-refractivity contribution is -0.123. The molecule has 0 bridgehead atoms. The lowest BCUT2D eigenvalue weighted by Crippen LogP contribution is -2.48. The Morgan fingerprint density at radius 1 is 1.00 bits per heavy atom. The summed E-state index contributed by atoms with van der Waals surface area (Å²) in [4.78, 5) is 25.2. The van der Waals surface area contributed by atoms with Crippen LogP contribution < -0.4 is 25.0 Å². The standard InChI is InChI=1S/C22H26BrN3O5/c1-13(2)20(25-21(27)14-6-8-16(29-3)9-7-14)22(28)26-24-12-15-10-17(23)19(31-5)11-18(15)30-4/h6-13,20H,1-5H3,(H,25,27)(H,26,28)/b24-12+. The Morgan fingerprint density at radius 3 is 2.19 bits per heavy atom. The summed E-state index contributed by atoms with van der Waals surface area (Å²) in [5.74, 6) is 0.845. The number of methoxy groups -OCH3 is 3. The van der Waals surface area contributed by atoms with Crippen LogP contribution in [0.1, 0.15) is 29.8 Å². The summed E-state index contributed by atoms with van der Waals surface area (Å²) in [5, 5.41) is 6.77. The Kier molecular flexibility index (Phi) is 8.87. The van der Waals surface area contributed by atoms with E-state index >= 15 is 0 Å². The Morgan fingerprint density at radius 2 is 1.65 bits per heavy atom. The summed E-state index contributed by atoms with van der Waals surface area (Å²) in [6.07, 6.45) is 1.46. The zero-order chi connectivity index (χ0) is 23.0. The number of carbonyl (C=O) groups is 2. The number of amides is 2. The van der Waals surface area contributed by atoms with Crippen molar-refractivity contribution in [3.05, 3.63) is 52.0 Å². The highest BCUT2D eigenvalue weighted by Gasteiger charge is 2.24. The maximum absolute atomic E-state index is 12.6. The Balaban J connectivity index is 2.08. The highest BCUT2D eigenvalue weighted by Crippen LogP contribution is 2.31. The lowest BCUT2D eigenvalue weighted by atomic mass is 10.0. The Hall–Kier alpha value is -3.07. The highest BCUT2D eigenvalue weighted by atomic mass is 79.9. The van der Waals surface area contributed by atoms with E-state index in [1.165, 1.54) is 13.3 Å². The van der Waals surface area contributed by atoms with Crippen LogP contribution in [0.3, 0.4) is 0 Å². The number of carbonyl (C=O) groups excluding carboxylic acids is 2. The fraction of sp³-hybridized carbons (Fsp3) is 0.318. The molecule has 0 saturated carbocycles. The summed E-state index contributed by atoms with van der Waals surface area (Å²) >= 11 is 3.41. The van der Waals surface area contributed by atoms with E-state index in [9.17, 15) is 9.59 Å². The third-order valence-electron chi connectivity index (χ3n) is 4.47. The first kappa shape index (κ1) is 24.2. The molecule has 9 heteroatoms. The third-order valence-corrected chi connectivity index (χ3v) is 5.09. The second-order valence-electron chi connectivity index (χ2n) is 6.89. The molecule has 0 aliphatic rings. The molecule has 0 radical (unpaired) electrons. The molecule has 0 aliphatic carbocycles. The first-order valence-electron chi connectivity index (χ1n) is 9.50. The number of halogens is 1. The zero-order valence-electron chi connectivity index (χ0n) is 18.1. The van der Waals surface area contributed by atoms with Gasteiger partial charge in [-0.3, -0.25) is 9.59 Å². The third kappa shape index (κ3) is 6.45. The van der Waals surface area contributed by atoms with E-state index in [1.54, 1.807) is 50.6 Å². The second kappa shape index (κ2) is 11.4. The molecule has 2 aromatic carbocycles. The van der Waals surface area contributed by atoms with Crippen molar-refractivity contribution in [2.75, 3.05) is 21.3 Å². The van der Waals surface area contributed by atoms with Crippen LogP contribution in [0.15, 0.2) is 46.0 Å². The van der Waals surface area contributed by atoms with Gasteiger partial charge in [0.2, 0.25) is 0 Å². The highest BCUT2D eigenvalue weighted by molar-refractivity contribution is 9.10. The van der Waals surface area contributed by atoms with Crippen molar-refractivity contribution < 1.29 is 23.8 Å². The van der Waals surface area contributed by atoms with Crippen molar-refractivity contribution >= 4 is 34.0 Å². The number of benzene rings is 2. The van der Waals surface area contributed by atoms with Gasteiger partial charge in [-0.2, -0.15) is 5.10 Å². The molecule has 0 heterocycles. The van der Waals surface area contributed by atoms with E-state index in [0.717, 1.165) is 4.47 Å². The molecule has 0 spiro atoms. The molecule has 1 atom stereocenters. The number of hydrazone groups is 1. The summed E-state index contributed by atoms with van der Waals surface area (Å²) < 4.78 is 16.4. The molecule has 2 rings (SSSR count). The van der Waals surface area contributed by atoms with Gasteiger partial charge in [-0.05, 0) is 52.2 Å². The largest absolute Gasteiger partial charge is 0.497 e. The minimum Gasteiger partial charge on any atom is -0.497 e. The molecular weight excluding hydrogens is 466 g/mol. The number of nitrogens with zero attached hydrogens (tertiary/aromatic N) is 1. The van der Waals surface area contributed by atoms with Gasteiger partial charge in [-0.25, -0.2) is 5.43 Å². The average molecular weight is 492 g/mol. The maximum atomic E-state index is 12.6. The van der Waals surface area contributed by atoms with Crippen LogP contribution in [0, 0.1) is 5.92 Å². The van der Waals surface area contributed by atoms with Gasteiger partial charge in [0.15, 0.2) is 0 Å². The molecule has 2 aromatic rings. The average Bonchev–Trinajstić information content (AvgIpc) is 2.77. The second-order valence-corrected chi connectivity index (χ2v) is 7.74. The summed E-state index contributed by atoms with van der Waals surface area (Å²) in [5.41, 5.74) is 3.54. The molecule has 0 saturated heterocycles. The van der Waals surface area contributed by atoms with Crippen molar-refractivity contribution in [3.8, 4) is 17.2 Å². The summed E-state index contributed by atoms with van der Waals surface area (Å²) in [7, 11) is 4.64. The van der Waals surface area contributed by atoms with E-state index in [1.807, 2.05) is 13.8 Å². The van der Waals surface area contributed by atoms with Gasteiger partial charge in [0, 0.05) is 17.2 Å². The van der Waals surface area contributed by atoms with Crippen LogP contribution in [0.25, 0.3) is 0 Å². The first-order chi connectivity index (χ1) is 14.8. The Labute approximate surface area is 190 Å². The molecule has 2 amide bonds. The molecule has 1 unspecified atom stereocenters. The minimum absolute atomic E-state index is 0.151. The normalized spacial score (nSPS) is 11.8. The van der Waals surface area contributed by atoms with Crippen molar-refractivity contribution in [3.63, 3.8) is 0 Å². The van der Waals surface area contributed by atoms with Gasteiger partial charge in [0.1, 0.15) is 23.3 Å². The fourth-order valence-corrected chi connectivity index (χ4v) is 3.24. The predicted octanol–water partition coefficient (Wildman–Crippen LogP) is 3.38. The molecule has 0 fully saturated rings. The van der Waals surface area contributed by atoms with Crippen molar-refractivity contribution in [2.24, 2.45) is 11.0 Å². The fourth-order valence-electron chi connectivity index (χ4n) is 2.72. The molecule has 0 aliphatic heterocycles. The van der Waals surface area contributed by atoms with E-state index in [4.69, 9.17) is 14.2 Å². The molecule has 0 aromatic heterocycles. The molecular formula is C22H26BrN3O5. The molecule has 31 heavy (non-hydrogen) atoms. The van der Waals surface area contributed by atoms with Crippen LogP contribution in [0.5, 0.6) is 17.2 Å². The number of nitrogens with one attached hydrogen (secondary N) is 2. The van der Waals surface area contributed by atoms with Crippen molar-refractivity contribution in [1.82, 2.24) is 10.7 Å². The number of hydrogen-bond donors (Lipinski definition) is 2. The van der Waals surface area contributed by atoms with Crippen LogP contribution in [-0.2, 0) is 4.79 Å². The number of hydrogen-bond acceptors (Lipinski definition) is 6. The summed E-state index contributed by atoms with van der Waals surface area (Å²) in [6.45, 7) is 3.68. The quantitative estimate of drug-likeness (QED) is 0.413. The van der Waals surface area contributed by atoms with Crippen LogP contribution in [0.2, 0.25) is 0 Å².